The highest BCUT2D eigenvalue weighted by atomic mass is 35.5. The first-order valence-electron chi connectivity index (χ1n) is 15.2. The first-order chi connectivity index (χ1) is 24.8. The lowest BCUT2D eigenvalue weighted by Gasteiger charge is -2.41. The number of oxime groups is 1. The van der Waals surface area contributed by atoms with Gasteiger partial charge in [0.05, 0.1) is 36.3 Å². The van der Waals surface area contributed by atoms with E-state index >= 15 is 0 Å². The number of aromatic hydroxyl groups is 2. The number of thioether (sulfide) groups is 1. The highest BCUT2D eigenvalue weighted by Crippen LogP contribution is 2.50. The summed E-state index contributed by atoms with van der Waals surface area (Å²) in [6.07, 6.45) is 1.09. The standard InChI is InChI=1S/C29H30ClN9O12S2/c1-11-8-38(33-7-6-32-21(44)18(41)12-4-5-14(40)19(42)15(12)30)27(50)39(11)29(25(48)49)10-37-22(45)17(23(37)53-29)35-20(43)16(13-9-52-26(31)34-13)36-51-28(2,3)24(46)47/h4-5,7,9,11,17,23,40,42H,6,8,10H2,1-3H3,(H2,31,34)(H,32,44)(H,35,43)(H,46,47)(H,48,49)/b33-7+,36-16-/t11-,17?,23+,29?/m0/s1. The van der Waals surface area contributed by atoms with E-state index in [4.69, 9.17) is 22.2 Å². The molecule has 0 spiro atoms. The molecule has 53 heavy (non-hydrogen) atoms. The van der Waals surface area contributed by atoms with Crippen LogP contribution in [0, 0.1) is 0 Å². The number of nitrogens with zero attached hydrogens (tertiary/aromatic N) is 6. The second-order valence-electron chi connectivity index (χ2n) is 12.1. The number of carboxylic acids is 2. The first-order valence-corrected chi connectivity index (χ1v) is 17.3. The number of fused-ring (bicyclic) bond motifs is 1. The molecule has 0 saturated carbocycles. The number of β-lactam (4-membered cyclic amide) rings is 1. The van der Waals surface area contributed by atoms with E-state index in [2.05, 4.69) is 25.9 Å². The average molecular weight is 796 g/mol. The normalized spacial score (nSPS) is 22.8. The van der Waals surface area contributed by atoms with Gasteiger partial charge in [-0.1, -0.05) is 28.5 Å². The van der Waals surface area contributed by atoms with Crippen molar-refractivity contribution in [1.29, 1.82) is 0 Å². The number of carbonyl (C=O) groups excluding carboxylic acids is 5. The van der Waals surface area contributed by atoms with Gasteiger partial charge >= 0.3 is 18.0 Å². The number of nitrogens with two attached hydrogens (primary N) is 1. The molecule has 5 rings (SSSR count). The summed E-state index contributed by atoms with van der Waals surface area (Å²) in [7, 11) is 0. The minimum atomic E-state index is -2.01. The van der Waals surface area contributed by atoms with Crippen molar-refractivity contribution in [2.75, 3.05) is 25.4 Å². The molecule has 2 unspecified atom stereocenters. The monoisotopic (exact) mass is 795 g/mol. The second kappa shape index (κ2) is 14.4. The zero-order valence-corrected chi connectivity index (χ0v) is 30.1. The van der Waals surface area contributed by atoms with E-state index in [0.717, 1.165) is 51.4 Å². The number of ketones is 1. The third kappa shape index (κ3) is 7.09. The van der Waals surface area contributed by atoms with Crippen LogP contribution in [0.4, 0.5) is 9.93 Å². The molecule has 5 amide bonds. The van der Waals surface area contributed by atoms with E-state index in [0.29, 0.717) is 0 Å². The van der Waals surface area contributed by atoms with Gasteiger partial charge in [0, 0.05) is 11.6 Å². The molecule has 8 N–H and O–H groups in total. The maximum absolute atomic E-state index is 13.6. The fourth-order valence-electron chi connectivity index (χ4n) is 5.33. The lowest BCUT2D eigenvalue weighted by atomic mass is 10.0. The van der Waals surface area contributed by atoms with Crippen LogP contribution in [0.5, 0.6) is 11.5 Å². The Bertz CT molecular complexity index is 1990. The molecule has 3 saturated heterocycles. The summed E-state index contributed by atoms with van der Waals surface area (Å²) in [5.74, 6) is -8.13. The molecule has 4 heterocycles. The number of aliphatic carboxylic acids is 2. The Hall–Kier alpha value is -5.68. The average Bonchev–Trinajstić information content (AvgIpc) is 3.77. The van der Waals surface area contributed by atoms with Gasteiger partial charge in [0.2, 0.25) is 16.4 Å². The molecule has 21 nitrogen and oxygen atoms in total. The van der Waals surface area contributed by atoms with Crippen molar-refractivity contribution in [2.45, 2.75) is 48.7 Å². The molecular weight excluding hydrogens is 766 g/mol. The third-order valence-electron chi connectivity index (χ3n) is 8.14. The number of phenols is 2. The van der Waals surface area contributed by atoms with E-state index in [1.807, 2.05) is 0 Å². The van der Waals surface area contributed by atoms with E-state index in [-0.39, 0.29) is 29.5 Å². The number of rotatable bonds is 13. The summed E-state index contributed by atoms with van der Waals surface area (Å²) in [5.41, 5.74) is 2.90. The van der Waals surface area contributed by atoms with Crippen LogP contribution in [0.25, 0.3) is 0 Å². The SMILES string of the molecule is C[C@H]1CN(/N=C/CNC(=O)C(=O)c2ccc(O)c(O)c2Cl)C(=O)N1C1(C(=O)O)CN2C(=O)C(NC(=O)/C(=N\OC(C)(C)C(=O)O)c3csc(N)n3)[C@H]2S1. The minimum Gasteiger partial charge on any atom is -0.504 e. The second-order valence-corrected chi connectivity index (χ2v) is 14.8. The molecule has 0 aliphatic carbocycles. The Balaban J connectivity index is 1.26. The van der Waals surface area contributed by atoms with Crippen LogP contribution in [-0.2, 0) is 28.8 Å². The number of amides is 5. The molecule has 0 bridgehead atoms. The van der Waals surface area contributed by atoms with Gasteiger partial charge in [-0.2, -0.15) is 5.10 Å². The van der Waals surface area contributed by atoms with Crippen molar-refractivity contribution in [3.05, 3.63) is 33.8 Å². The zero-order valence-electron chi connectivity index (χ0n) is 27.7. The van der Waals surface area contributed by atoms with Crippen molar-refractivity contribution in [2.24, 2.45) is 10.3 Å². The van der Waals surface area contributed by atoms with E-state index in [1.54, 1.807) is 6.92 Å². The highest BCUT2D eigenvalue weighted by molar-refractivity contribution is 8.02. The number of nitrogen functional groups attached to an aromatic ring is 1. The Morgan fingerprint density at radius 2 is 1.89 bits per heavy atom. The lowest BCUT2D eigenvalue weighted by molar-refractivity contribution is -0.161. The Morgan fingerprint density at radius 3 is 2.51 bits per heavy atom. The number of aromatic nitrogens is 1. The summed E-state index contributed by atoms with van der Waals surface area (Å²) in [5, 5.41) is 52.4. The topological polar surface area (TPSA) is 307 Å². The van der Waals surface area contributed by atoms with Gasteiger partial charge in [0.15, 0.2) is 22.3 Å². The van der Waals surface area contributed by atoms with Crippen LogP contribution in [0.2, 0.25) is 5.02 Å². The van der Waals surface area contributed by atoms with E-state index in [1.165, 1.54) is 24.1 Å². The third-order valence-corrected chi connectivity index (χ3v) is 10.9. The number of carbonyl (C=O) groups is 7. The Labute approximate surface area is 311 Å². The Morgan fingerprint density at radius 1 is 1.19 bits per heavy atom. The molecule has 0 radical (unpaired) electrons. The van der Waals surface area contributed by atoms with Gasteiger partial charge in [-0.25, -0.2) is 24.4 Å². The van der Waals surface area contributed by atoms with Crippen molar-refractivity contribution >= 4 is 93.2 Å². The predicted molar refractivity (Wildman–Crippen MR) is 185 cm³/mol. The minimum absolute atomic E-state index is 0.0574. The summed E-state index contributed by atoms with van der Waals surface area (Å²) < 4.78 is 0. The molecule has 3 aliphatic rings. The van der Waals surface area contributed by atoms with Gasteiger partial charge < -0.3 is 46.5 Å². The maximum atomic E-state index is 13.6. The number of hydrogen-bond acceptors (Lipinski definition) is 16. The number of benzene rings is 1. The molecule has 282 valence electrons. The molecule has 3 fully saturated rings. The van der Waals surface area contributed by atoms with Crippen LogP contribution < -0.4 is 16.4 Å². The predicted octanol–water partition coefficient (Wildman–Crippen LogP) is -0.334. The quantitative estimate of drug-likeness (QED) is 0.0341. The number of urea groups is 1. The first kappa shape index (κ1) is 38.5. The van der Waals surface area contributed by atoms with Crippen molar-refractivity contribution < 1.29 is 58.8 Å². The molecule has 24 heteroatoms. The molecule has 3 aliphatic heterocycles. The number of nitrogens with one attached hydrogen (secondary N) is 2. The number of carboxylic acid groups (broad SMARTS) is 2. The van der Waals surface area contributed by atoms with Crippen LogP contribution >= 0.6 is 34.7 Å². The highest BCUT2D eigenvalue weighted by Gasteiger charge is 2.67. The van der Waals surface area contributed by atoms with E-state index in [9.17, 15) is 54.0 Å². The van der Waals surface area contributed by atoms with E-state index < -0.39 is 98.2 Å². The molecular formula is C29H30ClN9O12S2. The fraction of sp³-hybridized carbons (Fsp3) is 0.379. The molecule has 1 aromatic carbocycles. The Kier molecular flexibility index (Phi) is 10.5. The van der Waals surface area contributed by atoms with Crippen LogP contribution in [0.1, 0.15) is 36.8 Å². The van der Waals surface area contributed by atoms with Crippen LogP contribution in [-0.4, -0.2) is 141 Å². The van der Waals surface area contributed by atoms with Gasteiger partial charge in [-0.05, 0) is 32.9 Å². The van der Waals surface area contributed by atoms with Crippen molar-refractivity contribution in [3.63, 3.8) is 0 Å². The zero-order chi connectivity index (χ0) is 39.2. The maximum Gasteiger partial charge on any atom is 0.350 e. The van der Waals surface area contributed by atoms with Gasteiger partial charge in [-0.15, -0.1) is 11.3 Å². The van der Waals surface area contributed by atoms with Gasteiger partial charge in [0.25, 0.3) is 17.6 Å². The van der Waals surface area contributed by atoms with Crippen molar-refractivity contribution in [1.82, 2.24) is 30.4 Å². The number of Topliss-reactive ketones (excluding diaryl/α,β-unsaturated/α-hetero) is 1. The number of phenolic OH excluding ortho intramolecular Hbond substituents is 2. The largest absolute Gasteiger partial charge is 0.504 e. The number of anilines is 1. The summed E-state index contributed by atoms with van der Waals surface area (Å²) >= 11 is 7.54. The van der Waals surface area contributed by atoms with Crippen LogP contribution in [0.3, 0.4) is 0 Å². The van der Waals surface area contributed by atoms with Gasteiger partial charge in [0.1, 0.15) is 17.1 Å². The smallest absolute Gasteiger partial charge is 0.350 e. The summed E-state index contributed by atoms with van der Waals surface area (Å²) in [6.45, 7) is 3.05. The number of hydrogen-bond donors (Lipinski definition) is 7. The number of halogens is 1. The summed E-state index contributed by atoms with van der Waals surface area (Å²) in [6, 6.07) is -0.860. The number of hydrazone groups is 1. The lowest BCUT2D eigenvalue weighted by Crippen LogP contribution is -2.68. The molecule has 4 atom stereocenters. The van der Waals surface area contributed by atoms with Crippen molar-refractivity contribution in [3.8, 4) is 11.5 Å². The molecule has 2 aromatic rings. The number of thiazole rings is 1. The van der Waals surface area contributed by atoms with Gasteiger partial charge in [-0.3, -0.25) is 24.1 Å². The van der Waals surface area contributed by atoms with Crippen LogP contribution in [0.15, 0.2) is 27.8 Å². The fourth-order valence-corrected chi connectivity index (χ4v) is 7.83. The molecule has 1 aromatic heterocycles. The summed E-state index contributed by atoms with van der Waals surface area (Å²) in [4.78, 5) is 98.7.